The number of ether oxygens (including phenoxy) is 2. The Kier molecular flexibility index (Phi) is 7.79. The van der Waals surface area contributed by atoms with Crippen molar-refractivity contribution in [1.82, 2.24) is 9.88 Å². The van der Waals surface area contributed by atoms with Gasteiger partial charge in [-0.1, -0.05) is 24.3 Å². The number of likely N-dealkylation sites (tertiary alicyclic amines) is 1. The van der Waals surface area contributed by atoms with Gasteiger partial charge in [0.2, 0.25) is 0 Å². The normalized spacial score (nSPS) is 15.8. The maximum absolute atomic E-state index is 9.67. The Morgan fingerprint density at radius 3 is 2.41 bits per heavy atom. The molecule has 2 aromatic carbocycles. The molecule has 0 amide bonds. The summed E-state index contributed by atoms with van der Waals surface area (Å²) in [4.78, 5) is 6.39. The van der Waals surface area contributed by atoms with Crippen LogP contribution in [0.4, 0.5) is 0 Å². The van der Waals surface area contributed by atoms with Crippen LogP contribution in [0, 0.1) is 25.2 Å². The molecule has 1 atom stereocenters. The van der Waals surface area contributed by atoms with Crippen LogP contribution < -0.4 is 9.47 Å². The average molecular weight is 458 g/mol. The van der Waals surface area contributed by atoms with Crippen LogP contribution in [0.25, 0.3) is 11.1 Å². The lowest BCUT2D eigenvalue weighted by atomic mass is 9.95. The third-order valence-corrected chi connectivity index (χ3v) is 6.30. The smallest absolute Gasteiger partial charge is 0.123 e. The van der Waals surface area contributed by atoms with Crippen molar-refractivity contribution in [2.75, 3.05) is 26.2 Å². The summed E-state index contributed by atoms with van der Waals surface area (Å²) in [5.41, 5.74) is 5.77. The minimum absolute atomic E-state index is 0.179. The second-order valence-electron chi connectivity index (χ2n) is 8.78. The van der Waals surface area contributed by atoms with Gasteiger partial charge in [-0.05, 0) is 67.1 Å². The SMILES string of the molecule is Cc1c(OCCCN2CC[C@@H](O)C2)cccc1-c1cccc(OCc2cncc(C#N)c2)c1C. The minimum atomic E-state index is -0.179. The molecule has 1 aliphatic rings. The molecule has 4 rings (SSSR count). The Morgan fingerprint density at radius 2 is 1.76 bits per heavy atom. The second kappa shape index (κ2) is 11.1. The maximum Gasteiger partial charge on any atom is 0.123 e. The van der Waals surface area contributed by atoms with Crippen molar-refractivity contribution in [1.29, 1.82) is 5.26 Å². The maximum atomic E-state index is 9.67. The summed E-state index contributed by atoms with van der Waals surface area (Å²) in [6.45, 7) is 7.83. The van der Waals surface area contributed by atoms with Gasteiger partial charge in [0, 0.05) is 37.6 Å². The number of nitriles is 1. The van der Waals surface area contributed by atoms with Crippen LogP contribution >= 0.6 is 0 Å². The van der Waals surface area contributed by atoms with Gasteiger partial charge in [-0.3, -0.25) is 4.98 Å². The fourth-order valence-electron chi connectivity index (χ4n) is 4.40. The lowest BCUT2D eigenvalue weighted by Gasteiger charge is -2.18. The third kappa shape index (κ3) is 5.74. The molecule has 1 N–H and O–H groups in total. The van der Waals surface area contributed by atoms with E-state index in [0.29, 0.717) is 18.8 Å². The first-order valence-electron chi connectivity index (χ1n) is 11.7. The summed E-state index contributed by atoms with van der Waals surface area (Å²) in [5, 5.41) is 18.7. The molecule has 1 saturated heterocycles. The van der Waals surface area contributed by atoms with Crippen LogP contribution in [0.5, 0.6) is 11.5 Å². The second-order valence-corrected chi connectivity index (χ2v) is 8.78. The first-order chi connectivity index (χ1) is 16.5. The van der Waals surface area contributed by atoms with Crippen molar-refractivity contribution in [2.24, 2.45) is 0 Å². The Hall–Kier alpha value is -3.40. The number of aliphatic hydroxyl groups is 1. The molecule has 34 heavy (non-hydrogen) atoms. The molecule has 0 saturated carbocycles. The summed E-state index contributed by atoms with van der Waals surface area (Å²) < 4.78 is 12.2. The van der Waals surface area contributed by atoms with Crippen LogP contribution in [0.3, 0.4) is 0 Å². The Morgan fingerprint density at radius 1 is 1.06 bits per heavy atom. The predicted molar refractivity (Wildman–Crippen MR) is 132 cm³/mol. The van der Waals surface area contributed by atoms with E-state index in [1.54, 1.807) is 18.5 Å². The van der Waals surface area contributed by atoms with E-state index in [2.05, 4.69) is 41.9 Å². The van der Waals surface area contributed by atoms with E-state index in [4.69, 9.17) is 14.7 Å². The van der Waals surface area contributed by atoms with E-state index in [1.165, 1.54) is 0 Å². The number of rotatable bonds is 9. The molecule has 0 aliphatic carbocycles. The summed E-state index contributed by atoms with van der Waals surface area (Å²) in [7, 11) is 0. The zero-order chi connectivity index (χ0) is 23.9. The van der Waals surface area contributed by atoms with Crippen molar-refractivity contribution in [3.05, 3.63) is 77.1 Å². The van der Waals surface area contributed by atoms with E-state index in [-0.39, 0.29) is 6.10 Å². The molecule has 176 valence electrons. The number of hydrogen-bond acceptors (Lipinski definition) is 6. The van der Waals surface area contributed by atoms with E-state index in [0.717, 1.165) is 71.8 Å². The van der Waals surface area contributed by atoms with E-state index in [9.17, 15) is 5.11 Å². The van der Waals surface area contributed by atoms with E-state index >= 15 is 0 Å². The largest absolute Gasteiger partial charge is 0.493 e. The van der Waals surface area contributed by atoms with Crippen molar-refractivity contribution in [2.45, 2.75) is 39.4 Å². The van der Waals surface area contributed by atoms with Gasteiger partial charge in [0.1, 0.15) is 24.2 Å². The van der Waals surface area contributed by atoms with Crippen molar-refractivity contribution >= 4 is 0 Å². The Bertz CT molecular complexity index is 1170. The number of hydrogen-bond donors (Lipinski definition) is 1. The van der Waals surface area contributed by atoms with Gasteiger partial charge in [-0.25, -0.2) is 0 Å². The van der Waals surface area contributed by atoms with Gasteiger partial charge in [-0.2, -0.15) is 5.26 Å². The topological polar surface area (TPSA) is 78.6 Å². The average Bonchev–Trinajstić information content (AvgIpc) is 3.27. The van der Waals surface area contributed by atoms with Gasteiger partial charge < -0.3 is 19.5 Å². The first-order valence-corrected chi connectivity index (χ1v) is 11.7. The lowest BCUT2D eigenvalue weighted by Crippen LogP contribution is -2.24. The molecule has 0 radical (unpaired) electrons. The molecule has 0 spiro atoms. The molecule has 6 heteroatoms. The van der Waals surface area contributed by atoms with Crippen LogP contribution in [0.1, 0.15) is 35.1 Å². The molecule has 6 nitrogen and oxygen atoms in total. The summed E-state index contributed by atoms with van der Waals surface area (Å²) >= 11 is 0. The highest BCUT2D eigenvalue weighted by atomic mass is 16.5. The highest BCUT2D eigenvalue weighted by molar-refractivity contribution is 5.74. The molecule has 1 aliphatic heterocycles. The monoisotopic (exact) mass is 457 g/mol. The minimum Gasteiger partial charge on any atom is -0.493 e. The molecular weight excluding hydrogens is 426 g/mol. The van der Waals surface area contributed by atoms with Crippen molar-refractivity contribution in [3.8, 4) is 28.7 Å². The van der Waals surface area contributed by atoms with E-state index < -0.39 is 0 Å². The fraction of sp³-hybridized carbons (Fsp3) is 0.357. The standard InChI is InChI=1S/C28H31N3O3/c1-20-25(6-3-8-27(20)33-13-5-11-31-12-10-24(32)18-31)26-7-4-9-28(21(26)2)34-19-23-14-22(15-29)16-30-17-23/h3-4,6-9,14,16-17,24,32H,5,10-13,18-19H2,1-2H3/t24-/m1/s1. The molecule has 1 aromatic heterocycles. The van der Waals surface area contributed by atoms with Gasteiger partial charge in [0.25, 0.3) is 0 Å². The molecule has 0 bridgehead atoms. The van der Waals surface area contributed by atoms with Gasteiger partial charge >= 0.3 is 0 Å². The predicted octanol–water partition coefficient (Wildman–Crippen LogP) is 4.65. The number of aromatic nitrogens is 1. The highest BCUT2D eigenvalue weighted by Gasteiger charge is 2.19. The molecule has 2 heterocycles. The number of benzene rings is 2. The number of β-amino-alcohol motifs (C(OH)–C–C–N with tert-alkyl or cyclic N) is 1. The molecular formula is C28H31N3O3. The van der Waals surface area contributed by atoms with E-state index in [1.807, 2.05) is 24.3 Å². The third-order valence-electron chi connectivity index (χ3n) is 6.30. The molecule has 0 unspecified atom stereocenters. The molecule has 3 aromatic rings. The van der Waals surface area contributed by atoms with Crippen molar-refractivity contribution < 1.29 is 14.6 Å². The van der Waals surface area contributed by atoms with Crippen LogP contribution in [0.2, 0.25) is 0 Å². The van der Waals surface area contributed by atoms with Crippen LogP contribution in [-0.2, 0) is 6.61 Å². The number of aliphatic hydroxyl groups excluding tert-OH is 1. The van der Waals surface area contributed by atoms with Gasteiger partial charge in [0.05, 0.1) is 18.3 Å². The Balaban J connectivity index is 1.42. The van der Waals surface area contributed by atoms with Gasteiger partial charge in [-0.15, -0.1) is 0 Å². The number of nitrogens with zero attached hydrogens (tertiary/aromatic N) is 3. The first kappa shape index (κ1) is 23.7. The quantitative estimate of drug-likeness (QED) is 0.471. The fourth-order valence-corrected chi connectivity index (χ4v) is 4.40. The van der Waals surface area contributed by atoms with Gasteiger partial charge in [0.15, 0.2) is 0 Å². The number of pyridine rings is 1. The van der Waals surface area contributed by atoms with Crippen LogP contribution in [0.15, 0.2) is 54.9 Å². The highest BCUT2D eigenvalue weighted by Crippen LogP contribution is 2.35. The van der Waals surface area contributed by atoms with Crippen molar-refractivity contribution in [3.63, 3.8) is 0 Å². The zero-order valence-electron chi connectivity index (χ0n) is 19.8. The van der Waals surface area contributed by atoms with Crippen LogP contribution in [-0.4, -0.2) is 47.3 Å². The summed E-state index contributed by atoms with van der Waals surface area (Å²) in [6, 6.07) is 16.1. The Labute approximate surface area is 201 Å². The summed E-state index contributed by atoms with van der Waals surface area (Å²) in [6.07, 6.45) is 4.89. The summed E-state index contributed by atoms with van der Waals surface area (Å²) in [5.74, 6) is 1.70. The lowest BCUT2D eigenvalue weighted by molar-refractivity contribution is 0.173. The molecule has 1 fully saturated rings. The zero-order valence-corrected chi connectivity index (χ0v) is 19.8.